The van der Waals surface area contributed by atoms with Gasteiger partial charge in [-0.3, -0.25) is 0 Å². The van der Waals surface area contributed by atoms with Crippen LogP contribution in [0.5, 0.6) is 5.88 Å². The zero-order valence-electron chi connectivity index (χ0n) is 6.14. The lowest BCUT2D eigenvalue weighted by Gasteiger charge is -1.93. The zero-order valence-corrected chi connectivity index (χ0v) is 6.14. The molecule has 4 heteroatoms. The Morgan fingerprint density at radius 1 is 1.25 bits per heavy atom. The number of aromatic nitrogens is 2. The topological polar surface area (TPSA) is 59.2 Å². The summed E-state index contributed by atoms with van der Waals surface area (Å²) in [6.45, 7) is 0. The van der Waals surface area contributed by atoms with Crippen LogP contribution in [0.15, 0.2) is 35.2 Å². The van der Waals surface area contributed by atoms with Crippen molar-refractivity contribution >= 4 is 0 Å². The molecule has 0 aromatic carbocycles. The molecule has 2 aromatic heterocycles. The highest BCUT2D eigenvalue weighted by Crippen LogP contribution is 2.16. The SMILES string of the molecule is Oc1ccc(-c2ncco2)cn1. The molecule has 60 valence electrons. The van der Waals surface area contributed by atoms with E-state index in [1.54, 1.807) is 12.3 Å². The molecule has 2 rings (SSSR count). The van der Waals surface area contributed by atoms with Crippen LogP contribution in [-0.4, -0.2) is 15.1 Å². The van der Waals surface area contributed by atoms with E-state index in [4.69, 9.17) is 9.52 Å². The quantitative estimate of drug-likeness (QED) is 0.689. The largest absolute Gasteiger partial charge is 0.493 e. The van der Waals surface area contributed by atoms with Gasteiger partial charge >= 0.3 is 0 Å². The standard InChI is InChI=1S/C8H6N2O2/c11-7-2-1-6(5-10-7)8-9-3-4-12-8/h1-5H,(H,10,11). The van der Waals surface area contributed by atoms with Gasteiger partial charge in [0.15, 0.2) is 0 Å². The van der Waals surface area contributed by atoms with Crippen molar-refractivity contribution < 1.29 is 9.52 Å². The highest BCUT2D eigenvalue weighted by Gasteiger charge is 2.01. The Hall–Kier alpha value is -1.84. The Kier molecular flexibility index (Phi) is 1.51. The smallest absolute Gasteiger partial charge is 0.227 e. The molecule has 0 unspecified atom stereocenters. The molecule has 0 atom stereocenters. The van der Waals surface area contributed by atoms with E-state index in [2.05, 4.69) is 9.97 Å². The van der Waals surface area contributed by atoms with Crippen LogP contribution in [0.3, 0.4) is 0 Å². The van der Waals surface area contributed by atoms with Gasteiger partial charge in [-0.15, -0.1) is 0 Å². The average Bonchev–Trinajstić information content (AvgIpc) is 2.58. The van der Waals surface area contributed by atoms with Gasteiger partial charge < -0.3 is 9.52 Å². The summed E-state index contributed by atoms with van der Waals surface area (Å²) in [4.78, 5) is 7.62. The fraction of sp³-hybridized carbons (Fsp3) is 0. The molecular formula is C8H6N2O2. The first-order valence-electron chi connectivity index (χ1n) is 3.41. The number of pyridine rings is 1. The fourth-order valence-electron chi connectivity index (χ4n) is 0.879. The highest BCUT2D eigenvalue weighted by molar-refractivity contribution is 5.51. The zero-order chi connectivity index (χ0) is 8.39. The van der Waals surface area contributed by atoms with Crippen molar-refractivity contribution in [1.29, 1.82) is 0 Å². The molecule has 0 saturated carbocycles. The predicted octanol–water partition coefficient (Wildman–Crippen LogP) is 1.44. The van der Waals surface area contributed by atoms with Gasteiger partial charge in [0.1, 0.15) is 6.26 Å². The number of aromatic hydroxyl groups is 1. The van der Waals surface area contributed by atoms with Crippen LogP contribution in [0.25, 0.3) is 11.5 Å². The molecule has 0 aliphatic heterocycles. The minimum absolute atomic E-state index is 0.00898. The summed E-state index contributed by atoms with van der Waals surface area (Å²) in [6, 6.07) is 3.17. The first kappa shape index (κ1) is 6.84. The number of hydrogen-bond acceptors (Lipinski definition) is 4. The molecule has 4 nitrogen and oxygen atoms in total. The van der Waals surface area contributed by atoms with Gasteiger partial charge in [-0.25, -0.2) is 9.97 Å². The molecule has 0 saturated heterocycles. The first-order chi connectivity index (χ1) is 5.86. The lowest BCUT2D eigenvalue weighted by molar-refractivity contribution is 0.453. The molecule has 0 amide bonds. The van der Waals surface area contributed by atoms with E-state index in [-0.39, 0.29) is 5.88 Å². The second-order valence-electron chi connectivity index (χ2n) is 2.24. The maximum Gasteiger partial charge on any atom is 0.227 e. The molecule has 0 spiro atoms. The van der Waals surface area contributed by atoms with Gasteiger partial charge in [0.2, 0.25) is 11.8 Å². The van der Waals surface area contributed by atoms with E-state index in [1.165, 1.54) is 18.5 Å². The third-order valence-electron chi connectivity index (χ3n) is 1.43. The van der Waals surface area contributed by atoms with Gasteiger partial charge in [0.25, 0.3) is 0 Å². The maximum atomic E-state index is 8.89. The summed E-state index contributed by atoms with van der Waals surface area (Å²) >= 11 is 0. The van der Waals surface area contributed by atoms with Crippen LogP contribution in [0.4, 0.5) is 0 Å². The molecule has 12 heavy (non-hydrogen) atoms. The molecule has 0 aliphatic rings. The fourth-order valence-corrected chi connectivity index (χ4v) is 0.879. The van der Waals surface area contributed by atoms with Gasteiger partial charge in [0.05, 0.1) is 11.8 Å². The molecular weight excluding hydrogens is 156 g/mol. The normalized spacial score (nSPS) is 10.0. The van der Waals surface area contributed by atoms with Crippen molar-refractivity contribution in [1.82, 2.24) is 9.97 Å². The van der Waals surface area contributed by atoms with Crippen molar-refractivity contribution in [3.63, 3.8) is 0 Å². The monoisotopic (exact) mass is 162 g/mol. The van der Waals surface area contributed by atoms with E-state index in [9.17, 15) is 0 Å². The number of oxazole rings is 1. The Morgan fingerprint density at radius 2 is 2.17 bits per heavy atom. The second kappa shape index (κ2) is 2.65. The van der Waals surface area contributed by atoms with Gasteiger partial charge in [-0.05, 0) is 6.07 Å². The molecule has 0 aliphatic carbocycles. The average molecular weight is 162 g/mol. The van der Waals surface area contributed by atoms with Crippen molar-refractivity contribution in [3.05, 3.63) is 30.8 Å². The molecule has 0 radical (unpaired) electrons. The maximum absolute atomic E-state index is 8.89. The summed E-state index contributed by atoms with van der Waals surface area (Å²) in [7, 11) is 0. The van der Waals surface area contributed by atoms with Gasteiger partial charge in [-0.1, -0.05) is 0 Å². The summed E-state index contributed by atoms with van der Waals surface area (Å²) in [5, 5.41) is 8.89. The Labute approximate surface area is 68.5 Å². The molecule has 2 heterocycles. The molecule has 1 N–H and O–H groups in total. The number of rotatable bonds is 1. The van der Waals surface area contributed by atoms with Crippen molar-refractivity contribution in [2.45, 2.75) is 0 Å². The second-order valence-corrected chi connectivity index (χ2v) is 2.24. The predicted molar refractivity (Wildman–Crippen MR) is 41.4 cm³/mol. The van der Waals surface area contributed by atoms with Gasteiger partial charge in [0, 0.05) is 12.3 Å². The van der Waals surface area contributed by atoms with E-state index >= 15 is 0 Å². The van der Waals surface area contributed by atoms with Crippen molar-refractivity contribution in [2.75, 3.05) is 0 Å². The summed E-state index contributed by atoms with van der Waals surface area (Å²) < 4.78 is 5.03. The van der Waals surface area contributed by atoms with Crippen LogP contribution >= 0.6 is 0 Å². The van der Waals surface area contributed by atoms with Crippen molar-refractivity contribution in [2.24, 2.45) is 0 Å². The lowest BCUT2D eigenvalue weighted by atomic mass is 10.3. The van der Waals surface area contributed by atoms with Gasteiger partial charge in [-0.2, -0.15) is 0 Å². The number of hydrogen-bond donors (Lipinski definition) is 1. The van der Waals surface area contributed by atoms with Crippen molar-refractivity contribution in [3.8, 4) is 17.3 Å². The molecule has 2 aromatic rings. The Morgan fingerprint density at radius 3 is 2.75 bits per heavy atom. The minimum atomic E-state index is -0.00898. The van der Waals surface area contributed by atoms with E-state index in [0.29, 0.717) is 5.89 Å². The third kappa shape index (κ3) is 1.14. The van der Waals surface area contributed by atoms with E-state index in [1.807, 2.05) is 0 Å². The first-order valence-corrected chi connectivity index (χ1v) is 3.41. The van der Waals surface area contributed by atoms with E-state index in [0.717, 1.165) is 5.56 Å². The van der Waals surface area contributed by atoms with Crippen LogP contribution in [0.1, 0.15) is 0 Å². The molecule has 0 fully saturated rings. The molecule has 0 bridgehead atoms. The summed E-state index contributed by atoms with van der Waals surface area (Å²) in [5.74, 6) is 0.493. The summed E-state index contributed by atoms with van der Waals surface area (Å²) in [6.07, 6.45) is 4.55. The van der Waals surface area contributed by atoms with E-state index < -0.39 is 0 Å². The highest BCUT2D eigenvalue weighted by atomic mass is 16.3. The van der Waals surface area contributed by atoms with Crippen LogP contribution < -0.4 is 0 Å². The number of nitrogens with zero attached hydrogens (tertiary/aromatic N) is 2. The summed E-state index contributed by atoms with van der Waals surface area (Å²) in [5.41, 5.74) is 0.748. The van der Waals surface area contributed by atoms with Crippen LogP contribution in [0, 0.1) is 0 Å². The minimum Gasteiger partial charge on any atom is -0.493 e. The lowest BCUT2D eigenvalue weighted by Crippen LogP contribution is -1.78. The van der Waals surface area contributed by atoms with Crippen LogP contribution in [0.2, 0.25) is 0 Å². The Bertz CT molecular complexity index is 353. The van der Waals surface area contributed by atoms with Crippen LogP contribution in [-0.2, 0) is 0 Å². The Balaban J connectivity index is 2.43. The third-order valence-corrected chi connectivity index (χ3v) is 1.43.